The highest BCUT2D eigenvalue weighted by molar-refractivity contribution is 5.39. The van der Waals surface area contributed by atoms with Gasteiger partial charge in [-0.3, -0.25) is 4.90 Å². The largest absolute Gasteiger partial charge is 0.485 e. The summed E-state index contributed by atoms with van der Waals surface area (Å²) in [6, 6.07) is 4.78. The Morgan fingerprint density at radius 3 is 2.89 bits per heavy atom. The lowest BCUT2D eigenvalue weighted by Gasteiger charge is -2.38. The summed E-state index contributed by atoms with van der Waals surface area (Å²) < 4.78 is 19.3. The standard InChI is InChI=1S/C14H18FNO2/c1-9-6-14(8-16(9)2)7-12(17)11-4-3-10(15)5-13(11)18-14/h3-5,9,12,17H,6-8H2,1-2H3/t9?,12-,14?/m1/s1. The minimum Gasteiger partial charge on any atom is -0.485 e. The van der Waals surface area contributed by atoms with E-state index in [0.717, 1.165) is 13.0 Å². The Hall–Kier alpha value is -1.13. The molecule has 0 saturated carbocycles. The van der Waals surface area contributed by atoms with E-state index in [0.29, 0.717) is 23.8 Å². The Bertz CT molecular complexity index is 467. The maximum absolute atomic E-state index is 13.3. The molecular formula is C14H18FNO2. The molecule has 1 aromatic rings. The van der Waals surface area contributed by atoms with Crippen molar-refractivity contribution in [3.05, 3.63) is 29.6 Å². The van der Waals surface area contributed by atoms with Gasteiger partial charge in [-0.2, -0.15) is 0 Å². The highest BCUT2D eigenvalue weighted by Gasteiger charge is 2.47. The van der Waals surface area contributed by atoms with Crippen LogP contribution in [-0.4, -0.2) is 35.2 Å². The van der Waals surface area contributed by atoms with Gasteiger partial charge in [-0.05, 0) is 26.1 Å². The van der Waals surface area contributed by atoms with E-state index in [9.17, 15) is 9.50 Å². The number of hydrogen-bond acceptors (Lipinski definition) is 3. The van der Waals surface area contributed by atoms with E-state index in [4.69, 9.17) is 4.74 Å². The molecule has 2 unspecified atom stereocenters. The lowest BCUT2D eigenvalue weighted by Crippen LogP contribution is -2.43. The summed E-state index contributed by atoms with van der Waals surface area (Å²) in [6.45, 7) is 2.92. The first-order chi connectivity index (χ1) is 8.49. The van der Waals surface area contributed by atoms with Gasteiger partial charge < -0.3 is 9.84 Å². The van der Waals surface area contributed by atoms with Crippen molar-refractivity contribution in [2.24, 2.45) is 0 Å². The predicted octanol–water partition coefficient (Wildman–Crippen LogP) is 2.10. The van der Waals surface area contributed by atoms with Crippen molar-refractivity contribution in [2.75, 3.05) is 13.6 Å². The summed E-state index contributed by atoms with van der Waals surface area (Å²) in [5.41, 5.74) is 0.332. The molecule has 1 saturated heterocycles. The first kappa shape index (κ1) is 11.9. The monoisotopic (exact) mass is 251 g/mol. The number of benzene rings is 1. The number of aliphatic hydroxyl groups is 1. The van der Waals surface area contributed by atoms with Crippen LogP contribution in [0, 0.1) is 5.82 Å². The topological polar surface area (TPSA) is 32.7 Å². The summed E-state index contributed by atoms with van der Waals surface area (Å²) in [5, 5.41) is 10.2. The SMILES string of the molecule is CC1CC2(C[C@@H](O)c3ccc(F)cc3O2)CN1C. The minimum atomic E-state index is -0.562. The molecule has 0 aliphatic carbocycles. The van der Waals surface area contributed by atoms with E-state index in [2.05, 4.69) is 18.9 Å². The highest BCUT2D eigenvalue weighted by atomic mass is 19.1. The maximum atomic E-state index is 13.3. The molecule has 18 heavy (non-hydrogen) atoms. The zero-order valence-electron chi connectivity index (χ0n) is 10.7. The number of aliphatic hydroxyl groups excluding tert-OH is 1. The Morgan fingerprint density at radius 1 is 1.44 bits per heavy atom. The fourth-order valence-corrected chi connectivity index (χ4v) is 3.20. The van der Waals surface area contributed by atoms with Crippen molar-refractivity contribution >= 4 is 0 Å². The second-order valence-corrected chi connectivity index (χ2v) is 5.66. The van der Waals surface area contributed by atoms with Gasteiger partial charge in [-0.15, -0.1) is 0 Å². The number of rotatable bonds is 0. The molecule has 2 heterocycles. The number of likely N-dealkylation sites (N-methyl/N-ethyl adjacent to an activating group) is 1. The van der Waals surface area contributed by atoms with Crippen LogP contribution in [0.1, 0.15) is 31.4 Å². The molecule has 98 valence electrons. The van der Waals surface area contributed by atoms with Crippen LogP contribution < -0.4 is 4.74 Å². The molecule has 1 fully saturated rings. The number of halogens is 1. The van der Waals surface area contributed by atoms with Gasteiger partial charge in [-0.1, -0.05) is 0 Å². The quantitative estimate of drug-likeness (QED) is 0.766. The van der Waals surface area contributed by atoms with Crippen LogP contribution in [-0.2, 0) is 0 Å². The fraction of sp³-hybridized carbons (Fsp3) is 0.571. The second-order valence-electron chi connectivity index (χ2n) is 5.66. The van der Waals surface area contributed by atoms with Crippen molar-refractivity contribution in [3.8, 4) is 5.75 Å². The highest BCUT2D eigenvalue weighted by Crippen LogP contribution is 2.44. The molecule has 3 nitrogen and oxygen atoms in total. The molecule has 1 spiro atoms. The van der Waals surface area contributed by atoms with Gasteiger partial charge in [0.05, 0.1) is 6.10 Å². The van der Waals surface area contributed by atoms with Crippen LogP contribution in [0.2, 0.25) is 0 Å². The maximum Gasteiger partial charge on any atom is 0.128 e. The van der Waals surface area contributed by atoms with Crippen LogP contribution in [0.5, 0.6) is 5.75 Å². The average molecular weight is 251 g/mol. The smallest absolute Gasteiger partial charge is 0.128 e. The first-order valence-electron chi connectivity index (χ1n) is 6.36. The van der Waals surface area contributed by atoms with E-state index >= 15 is 0 Å². The van der Waals surface area contributed by atoms with Gasteiger partial charge in [0, 0.05) is 37.1 Å². The van der Waals surface area contributed by atoms with E-state index < -0.39 is 6.10 Å². The van der Waals surface area contributed by atoms with Gasteiger partial charge in [-0.25, -0.2) is 4.39 Å². The zero-order chi connectivity index (χ0) is 12.9. The van der Waals surface area contributed by atoms with Gasteiger partial charge in [0.15, 0.2) is 0 Å². The molecule has 3 rings (SSSR count). The molecule has 0 amide bonds. The number of likely N-dealkylation sites (tertiary alicyclic amines) is 1. The second kappa shape index (κ2) is 3.93. The lowest BCUT2D eigenvalue weighted by atomic mass is 9.87. The van der Waals surface area contributed by atoms with Crippen LogP contribution in [0.15, 0.2) is 18.2 Å². The fourth-order valence-electron chi connectivity index (χ4n) is 3.20. The third-order valence-corrected chi connectivity index (χ3v) is 4.18. The summed E-state index contributed by atoms with van der Waals surface area (Å²) >= 11 is 0. The van der Waals surface area contributed by atoms with E-state index in [-0.39, 0.29) is 11.4 Å². The summed E-state index contributed by atoms with van der Waals surface area (Å²) in [4.78, 5) is 2.22. The number of hydrogen-bond donors (Lipinski definition) is 1. The van der Waals surface area contributed by atoms with E-state index in [1.54, 1.807) is 6.07 Å². The van der Waals surface area contributed by atoms with Crippen molar-refractivity contribution < 1.29 is 14.2 Å². The minimum absolute atomic E-state index is 0.322. The zero-order valence-corrected chi connectivity index (χ0v) is 10.7. The molecule has 0 aromatic heterocycles. The number of nitrogens with zero attached hydrogens (tertiary/aromatic N) is 1. The van der Waals surface area contributed by atoms with E-state index in [1.165, 1.54) is 12.1 Å². The van der Waals surface area contributed by atoms with Gasteiger partial charge in [0.2, 0.25) is 0 Å². The molecule has 1 N–H and O–H groups in total. The molecule has 0 bridgehead atoms. The average Bonchev–Trinajstić information content (AvgIpc) is 2.52. The van der Waals surface area contributed by atoms with Gasteiger partial charge in [0.1, 0.15) is 17.2 Å². The summed E-state index contributed by atoms with van der Waals surface area (Å²) in [7, 11) is 2.05. The van der Waals surface area contributed by atoms with Crippen LogP contribution in [0.3, 0.4) is 0 Å². The third-order valence-electron chi connectivity index (χ3n) is 4.18. The van der Waals surface area contributed by atoms with Crippen molar-refractivity contribution in [3.63, 3.8) is 0 Å². The molecule has 4 heteroatoms. The van der Waals surface area contributed by atoms with Crippen molar-refractivity contribution in [1.29, 1.82) is 0 Å². The third kappa shape index (κ3) is 1.80. The van der Waals surface area contributed by atoms with Crippen molar-refractivity contribution in [1.82, 2.24) is 4.90 Å². The Balaban J connectivity index is 1.96. The molecular weight excluding hydrogens is 233 g/mol. The van der Waals surface area contributed by atoms with Gasteiger partial charge >= 0.3 is 0 Å². The molecule has 2 aliphatic rings. The van der Waals surface area contributed by atoms with Crippen LogP contribution >= 0.6 is 0 Å². The predicted molar refractivity (Wildman–Crippen MR) is 66.0 cm³/mol. The number of fused-ring (bicyclic) bond motifs is 1. The van der Waals surface area contributed by atoms with Gasteiger partial charge in [0.25, 0.3) is 0 Å². The molecule has 0 radical (unpaired) electrons. The van der Waals surface area contributed by atoms with Crippen molar-refractivity contribution in [2.45, 2.75) is 37.5 Å². The number of ether oxygens (including phenoxy) is 1. The lowest BCUT2D eigenvalue weighted by molar-refractivity contribution is -0.00636. The first-order valence-corrected chi connectivity index (χ1v) is 6.36. The van der Waals surface area contributed by atoms with E-state index in [1.807, 2.05) is 0 Å². The molecule has 3 atom stereocenters. The summed E-state index contributed by atoms with van der Waals surface area (Å²) in [5.74, 6) is 0.175. The molecule has 2 aliphatic heterocycles. The Kier molecular flexibility index (Phi) is 2.61. The molecule has 1 aromatic carbocycles. The normalized spacial score (nSPS) is 35.6. The summed E-state index contributed by atoms with van der Waals surface area (Å²) in [6.07, 6.45) is 0.893. The van der Waals surface area contributed by atoms with Crippen LogP contribution in [0.25, 0.3) is 0 Å². The Morgan fingerprint density at radius 2 is 2.22 bits per heavy atom. The Labute approximate surface area is 106 Å². The van der Waals surface area contributed by atoms with Crippen LogP contribution in [0.4, 0.5) is 4.39 Å².